The van der Waals surface area contributed by atoms with Gasteiger partial charge in [0.25, 0.3) is 0 Å². The van der Waals surface area contributed by atoms with Crippen LogP contribution >= 0.6 is 0 Å². The minimum Gasteiger partial charge on any atom is -0.389 e. The number of aldehydes is 1. The number of nitrogens with zero attached hydrogens (tertiary/aromatic N) is 3. The topological polar surface area (TPSA) is 135 Å². The average molecular weight is 484 g/mol. The van der Waals surface area contributed by atoms with Crippen molar-refractivity contribution in [3.05, 3.63) is 30.1 Å². The number of aliphatic hydroxyl groups is 1. The highest BCUT2D eigenvalue weighted by Gasteiger charge is 2.23. The van der Waals surface area contributed by atoms with Crippen LogP contribution in [0.5, 0.6) is 0 Å². The molecule has 0 atom stereocenters. The van der Waals surface area contributed by atoms with Gasteiger partial charge in [0.1, 0.15) is 24.2 Å². The fourth-order valence-electron chi connectivity index (χ4n) is 3.79. The molecule has 3 aromatic rings. The molecule has 2 amide bonds. The van der Waals surface area contributed by atoms with E-state index >= 15 is 0 Å². The van der Waals surface area contributed by atoms with Crippen LogP contribution in [0.1, 0.15) is 52.3 Å². The van der Waals surface area contributed by atoms with Crippen LogP contribution in [0.2, 0.25) is 0 Å². The van der Waals surface area contributed by atoms with E-state index < -0.39 is 5.60 Å². The SMILES string of the molecule is CCOCc1nc2c(NC(=O)CCCC(=O)NCCC=O)nc3ccccc3c2n1CC(C)(C)O. The lowest BCUT2D eigenvalue weighted by atomic mass is 10.1. The number of nitrogens with one attached hydrogen (secondary N) is 2. The molecule has 2 aromatic heterocycles. The summed E-state index contributed by atoms with van der Waals surface area (Å²) in [5, 5.41) is 16.9. The minimum atomic E-state index is -1.01. The molecule has 0 aliphatic heterocycles. The number of hydrogen-bond donors (Lipinski definition) is 3. The molecular formula is C25H33N5O5. The van der Waals surface area contributed by atoms with E-state index in [0.29, 0.717) is 42.2 Å². The van der Waals surface area contributed by atoms with Gasteiger partial charge in [-0.1, -0.05) is 18.2 Å². The number of fused-ring (bicyclic) bond motifs is 3. The molecule has 10 nitrogen and oxygen atoms in total. The summed E-state index contributed by atoms with van der Waals surface area (Å²) in [5.74, 6) is 0.478. The third-order valence-corrected chi connectivity index (χ3v) is 5.29. The molecule has 0 aliphatic carbocycles. The Morgan fingerprint density at radius 3 is 2.63 bits per heavy atom. The Labute approximate surface area is 204 Å². The molecule has 0 aliphatic rings. The molecule has 3 N–H and O–H groups in total. The number of imidazole rings is 1. The number of anilines is 1. The van der Waals surface area contributed by atoms with Crippen LogP contribution in [-0.2, 0) is 32.3 Å². The Morgan fingerprint density at radius 2 is 1.91 bits per heavy atom. The Morgan fingerprint density at radius 1 is 1.17 bits per heavy atom. The van der Waals surface area contributed by atoms with Gasteiger partial charge in [0.15, 0.2) is 5.82 Å². The number of rotatable bonds is 13. The monoisotopic (exact) mass is 483 g/mol. The Bertz CT molecular complexity index is 1200. The molecule has 0 saturated carbocycles. The molecule has 35 heavy (non-hydrogen) atoms. The van der Waals surface area contributed by atoms with Gasteiger partial charge in [0.2, 0.25) is 11.8 Å². The van der Waals surface area contributed by atoms with Crippen molar-refractivity contribution in [1.82, 2.24) is 19.9 Å². The standard InChI is InChI=1S/C25H33N5O5/c1-4-35-15-19-28-22-23(30(19)16-25(2,3)34)17-9-5-6-10-18(17)27-24(22)29-21(33)12-7-11-20(32)26-13-8-14-31/h5-6,9-10,14,34H,4,7-8,11-13,15-16H2,1-3H3,(H,26,32)(H,27,29,33). The van der Waals surface area contributed by atoms with E-state index in [9.17, 15) is 19.5 Å². The van der Waals surface area contributed by atoms with Crippen LogP contribution in [0, 0.1) is 0 Å². The molecule has 0 spiro atoms. The lowest BCUT2D eigenvalue weighted by Crippen LogP contribution is -2.27. The summed E-state index contributed by atoms with van der Waals surface area (Å²) in [4.78, 5) is 44.2. The number of carbonyl (C=O) groups is 3. The van der Waals surface area contributed by atoms with Crippen molar-refractivity contribution in [3.8, 4) is 0 Å². The summed E-state index contributed by atoms with van der Waals surface area (Å²) in [6.07, 6.45) is 1.69. The van der Waals surface area contributed by atoms with Crippen LogP contribution in [-0.4, -0.2) is 56.5 Å². The van der Waals surface area contributed by atoms with E-state index in [0.717, 1.165) is 17.2 Å². The largest absolute Gasteiger partial charge is 0.389 e. The molecule has 0 saturated heterocycles. The predicted octanol–water partition coefficient (Wildman–Crippen LogP) is 2.71. The van der Waals surface area contributed by atoms with Crippen LogP contribution < -0.4 is 10.6 Å². The first-order valence-corrected chi connectivity index (χ1v) is 11.8. The number of amides is 2. The quantitative estimate of drug-likeness (QED) is 0.251. The van der Waals surface area contributed by atoms with Gasteiger partial charge in [-0.15, -0.1) is 0 Å². The second-order valence-corrected chi connectivity index (χ2v) is 8.95. The lowest BCUT2D eigenvalue weighted by molar-refractivity contribution is -0.121. The number of hydrogen-bond acceptors (Lipinski definition) is 7. The molecule has 0 fully saturated rings. The normalized spacial score (nSPS) is 11.7. The van der Waals surface area contributed by atoms with Crippen LogP contribution in [0.15, 0.2) is 24.3 Å². The zero-order valence-corrected chi connectivity index (χ0v) is 20.5. The molecule has 10 heteroatoms. The van der Waals surface area contributed by atoms with Crippen molar-refractivity contribution < 1.29 is 24.2 Å². The smallest absolute Gasteiger partial charge is 0.225 e. The number of aromatic nitrogens is 3. The molecule has 188 valence electrons. The minimum absolute atomic E-state index is 0.132. The molecule has 3 rings (SSSR count). The summed E-state index contributed by atoms with van der Waals surface area (Å²) >= 11 is 0. The maximum atomic E-state index is 12.7. The van der Waals surface area contributed by atoms with Crippen LogP contribution in [0.4, 0.5) is 5.82 Å². The predicted molar refractivity (Wildman–Crippen MR) is 133 cm³/mol. The Kier molecular flexibility index (Phi) is 8.89. The van der Waals surface area contributed by atoms with Crippen molar-refractivity contribution in [2.75, 3.05) is 18.5 Å². The Balaban J connectivity index is 1.90. The van der Waals surface area contributed by atoms with Crippen LogP contribution in [0.25, 0.3) is 21.9 Å². The van der Waals surface area contributed by atoms with E-state index in [4.69, 9.17) is 9.72 Å². The molecule has 0 unspecified atom stereocenters. The fraction of sp³-hybridized carbons (Fsp3) is 0.480. The van der Waals surface area contributed by atoms with Crippen LogP contribution in [0.3, 0.4) is 0 Å². The first kappa shape index (κ1) is 26.2. The number of benzene rings is 1. The van der Waals surface area contributed by atoms with E-state index in [2.05, 4.69) is 15.6 Å². The summed E-state index contributed by atoms with van der Waals surface area (Å²) in [6.45, 7) is 6.69. The summed E-state index contributed by atoms with van der Waals surface area (Å²) < 4.78 is 7.54. The molecular weight excluding hydrogens is 450 g/mol. The Hall–Kier alpha value is -3.37. The van der Waals surface area contributed by atoms with Crippen molar-refractivity contribution in [1.29, 1.82) is 0 Å². The highest BCUT2D eigenvalue weighted by molar-refractivity contribution is 6.09. The van der Waals surface area contributed by atoms with Crippen molar-refractivity contribution in [2.45, 2.75) is 65.2 Å². The number of para-hydroxylation sites is 1. The molecule has 1 aromatic carbocycles. The van der Waals surface area contributed by atoms with Gasteiger partial charge in [-0.3, -0.25) is 9.59 Å². The van der Waals surface area contributed by atoms with E-state index in [1.807, 2.05) is 35.8 Å². The average Bonchev–Trinajstić information content (AvgIpc) is 3.15. The van der Waals surface area contributed by atoms with Crippen molar-refractivity contribution in [3.63, 3.8) is 0 Å². The summed E-state index contributed by atoms with van der Waals surface area (Å²) in [7, 11) is 0. The molecule has 0 bridgehead atoms. The number of pyridine rings is 1. The van der Waals surface area contributed by atoms with Gasteiger partial charge in [-0.25, -0.2) is 9.97 Å². The zero-order valence-electron chi connectivity index (χ0n) is 20.5. The lowest BCUT2D eigenvalue weighted by Gasteiger charge is -2.20. The first-order valence-electron chi connectivity index (χ1n) is 11.8. The fourth-order valence-corrected chi connectivity index (χ4v) is 3.79. The van der Waals surface area contributed by atoms with E-state index in [-0.39, 0.29) is 44.2 Å². The third kappa shape index (κ3) is 7.06. The molecule has 2 heterocycles. The molecule has 0 radical (unpaired) electrons. The number of carbonyl (C=O) groups excluding carboxylic acids is 3. The highest BCUT2D eigenvalue weighted by atomic mass is 16.5. The third-order valence-electron chi connectivity index (χ3n) is 5.29. The van der Waals surface area contributed by atoms with Crippen molar-refractivity contribution in [2.24, 2.45) is 0 Å². The first-order chi connectivity index (χ1) is 16.7. The maximum Gasteiger partial charge on any atom is 0.225 e. The van der Waals surface area contributed by atoms with Crippen molar-refractivity contribution >= 4 is 45.9 Å². The van der Waals surface area contributed by atoms with Gasteiger partial charge in [-0.05, 0) is 33.3 Å². The van der Waals surface area contributed by atoms with Gasteiger partial charge >= 0.3 is 0 Å². The second-order valence-electron chi connectivity index (χ2n) is 8.95. The van der Waals surface area contributed by atoms with Gasteiger partial charge in [-0.2, -0.15) is 0 Å². The maximum absolute atomic E-state index is 12.7. The highest BCUT2D eigenvalue weighted by Crippen LogP contribution is 2.31. The van der Waals surface area contributed by atoms with E-state index in [1.165, 1.54) is 0 Å². The van der Waals surface area contributed by atoms with E-state index in [1.54, 1.807) is 13.8 Å². The number of ether oxygens (including phenoxy) is 1. The van der Waals surface area contributed by atoms with Gasteiger partial charge in [0.05, 0.1) is 23.2 Å². The van der Waals surface area contributed by atoms with Gasteiger partial charge < -0.3 is 29.8 Å². The summed E-state index contributed by atoms with van der Waals surface area (Å²) in [5.41, 5.74) is 0.957. The second kappa shape index (κ2) is 11.9. The summed E-state index contributed by atoms with van der Waals surface area (Å²) in [6, 6.07) is 7.57. The van der Waals surface area contributed by atoms with Gasteiger partial charge in [0, 0.05) is 37.8 Å². The zero-order chi connectivity index (χ0) is 25.4.